The van der Waals surface area contributed by atoms with E-state index in [0.29, 0.717) is 35.7 Å². The molecule has 1 aromatic carbocycles. The lowest BCUT2D eigenvalue weighted by Gasteiger charge is -2.15. The number of amides is 1. The van der Waals surface area contributed by atoms with Gasteiger partial charge in [-0.2, -0.15) is 5.10 Å². The van der Waals surface area contributed by atoms with Gasteiger partial charge < -0.3 is 4.90 Å². The summed E-state index contributed by atoms with van der Waals surface area (Å²) in [5.74, 6) is 0.551. The number of hydrogen-bond donors (Lipinski definition) is 0. The summed E-state index contributed by atoms with van der Waals surface area (Å²) >= 11 is 0. The van der Waals surface area contributed by atoms with Crippen LogP contribution in [0.1, 0.15) is 38.8 Å². The molecule has 7 nitrogen and oxygen atoms in total. The standard InChI is InChI=1S/C20H21N5O2/c1-12-9-13(2)25(22-12)16-7-5-15(6-8-16)19(26)24-10-17-18(11-24)21-14(3)23(4)20(17)27/h5-9H,10-11H2,1-4H3. The van der Waals surface area contributed by atoms with E-state index in [-0.39, 0.29) is 11.5 Å². The van der Waals surface area contributed by atoms with Crippen molar-refractivity contribution in [3.05, 3.63) is 74.7 Å². The fourth-order valence-electron chi connectivity index (χ4n) is 3.49. The van der Waals surface area contributed by atoms with E-state index >= 15 is 0 Å². The number of fused-ring (bicyclic) bond motifs is 1. The van der Waals surface area contributed by atoms with E-state index in [0.717, 1.165) is 17.1 Å². The van der Waals surface area contributed by atoms with Gasteiger partial charge in [-0.15, -0.1) is 0 Å². The van der Waals surface area contributed by atoms with E-state index in [1.165, 1.54) is 4.57 Å². The fraction of sp³-hybridized carbons (Fsp3) is 0.300. The van der Waals surface area contributed by atoms with Gasteiger partial charge in [0.2, 0.25) is 0 Å². The molecule has 0 aliphatic carbocycles. The van der Waals surface area contributed by atoms with Gasteiger partial charge in [0.05, 0.1) is 35.7 Å². The van der Waals surface area contributed by atoms with Gasteiger partial charge in [0.25, 0.3) is 11.5 Å². The van der Waals surface area contributed by atoms with Crippen LogP contribution in [0.4, 0.5) is 0 Å². The molecule has 4 rings (SSSR count). The summed E-state index contributed by atoms with van der Waals surface area (Å²) in [5.41, 5.74) is 4.71. The summed E-state index contributed by atoms with van der Waals surface area (Å²) in [6.07, 6.45) is 0. The largest absolute Gasteiger partial charge is 0.328 e. The minimum Gasteiger partial charge on any atom is -0.328 e. The first kappa shape index (κ1) is 17.2. The highest BCUT2D eigenvalue weighted by molar-refractivity contribution is 5.94. The minimum absolute atomic E-state index is 0.0762. The molecule has 0 spiro atoms. The zero-order chi connectivity index (χ0) is 19.3. The summed E-state index contributed by atoms with van der Waals surface area (Å²) in [7, 11) is 1.70. The van der Waals surface area contributed by atoms with Crippen LogP contribution in [0.3, 0.4) is 0 Å². The quantitative estimate of drug-likeness (QED) is 0.698. The molecule has 1 aliphatic rings. The second-order valence-electron chi connectivity index (χ2n) is 7.00. The van der Waals surface area contributed by atoms with E-state index in [2.05, 4.69) is 10.1 Å². The molecule has 2 aromatic heterocycles. The maximum absolute atomic E-state index is 12.9. The predicted molar refractivity (Wildman–Crippen MR) is 101 cm³/mol. The highest BCUT2D eigenvalue weighted by atomic mass is 16.2. The van der Waals surface area contributed by atoms with Gasteiger partial charge in [0, 0.05) is 18.3 Å². The molecule has 0 bridgehead atoms. The van der Waals surface area contributed by atoms with E-state index in [9.17, 15) is 9.59 Å². The third-order valence-electron chi connectivity index (χ3n) is 5.04. The van der Waals surface area contributed by atoms with Crippen LogP contribution < -0.4 is 5.56 Å². The Morgan fingerprint density at radius 2 is 1.78 bits per heavy atom. The van der Waals surface area contributed by atoms with E-state index < -0.39 is 0 Å². The number of nitrogens with zero attached hydrogens (tertiary/aromatic N) is 5. The monoisotopic (exact) mass is 363 g/mol. The second kappa shape index (κ2) is 6.19. The fourth-order valence-corrected chi connectivity index (χ4v) is 3.49. The maximum atomic E-state index is 12.9. The maximum Gasteiger partial charge on any atom is 0.258 e. The van der Waals surface area contributed by atoms with Gasteiger partial charge in [-0.25, -0.2) is 9.67 Å². The molecular formula is C20H21N5O2. The average Bonchev–Trinajstić information content (AvgIpc) is 3.22. The van der Waals surface area contributed by atoms with Crippen LogP contribution in [0.5, 0.6) is 0 Å². The lowest BCUT2D eigenvalue weighted by Crippen LogP contribution is -2.27. The van der Waals surface area contributed by atoms with Gasteiger partial charge in [0.1, 0.15) is 5.82 Å². The second-order valence-corrected chi connectivity index (χ2v) is 7.00. The Bertz CT molecular complexity index is 1110. The molecule has 0 saturated carbocycles. The molecule has 27 heavy (non-hydrogen) atoms. The van der Waals surface area contributed by atoms with Crippen molar-refractivity contribution < 1.29 is 4.79 Å². The van der Waals surface area contributed by atoms with Crippen molar-refractivity contribution in [2.45, 2.75) is 33.9 Å². The Labute approximate surface area is 156 Å². The Morgan fingerprint density at radius 1 is 1.07 bits per heavy atom. The molecule has 1 amide bonds. The summed E-state index contributed by atoms with van der Waals surface area (Å²) in [4.78, 5) is 31.4. The molecular weight excluding hydrogens is 342 g/mol. The first-order chi connectivity index (χ1) is 12.8. The summed E-state index contributed by atoms with van der Waals surface area (Å²) in [5, 5.41) is 4.46. The third-order valence-corrected chi connectivity index (χ3v) is 5.04. The topological polar surface area (TPSA) is 73.0 Å². The summed E-state index contributed by atoms with van der Waals surface area (Å²) in [6.45, 7) is 6.41. The summed E-state index contributed by atoms with van der Waals surface area (Å²) < 4.78 is 3.38. The zero-order valence-corrected chi connectivity index (χ0v) is 15.9. The van der Waals surface area contributed by atoms with Crippen molar-refractivity contribution in [1.29, 1.82) is 0 Å². The first-order valence-electron chi connectivity index (χ1n) is 8.83. The predicted octanol–water partition coefficient (Wildman–Crippen LogP) is 2.05. The van der Waals surface area contributed by atoms with Crippen LogP contribution in [0.2, 0.25) is 0 Å². The molecule has 0 fully saturated rings. The van der Waals surface area contributed by atoms with E-state index in [1.54, 1.807) is 31.0 Å². The summed E-state index contributed by atoms with van der Waals surface area (Å²) in [6, 6.07) is 9.38. The zero-order valence-electron chi connectivity index (χ0n) is 15.9. The van der Waals surface area contributed by atoms with Crippen molar-refractivity contribution in [3.63, 3.8) is 0 Å². The normalized spacial score (nSPS) is 13.1. The van der Waals surface area contributed by atoms with Crippen LogP contribution >= 0.6 is 0 Å². The van der Waals surface area contributed by atoms with E-state index in [4.69, 9.17) is 0 Å². The highest BCUT2D eigenvalue weighted by Crippen LogP contribution is 2.21. The number of hydrogen-bond acceptors (Lipinski definition) is 4. The lowest BCUT2D eigenvalue weighted by molar-refractivity contribution is 0.0750. The smallest absolute Gasteiger partial charge is 0.258 e. The molecule has 7 heteroatoms. The van der Waals surface area contributed by atoms with Crippen LogP contribution in [0, 0.1) is 20.8 Å². The Hall–Kier alpha value is -3.22. The van der Waals surface area contributed by atoms with Crippen LogP contribution in [0.15, 0.2) is 35.1 Å². The van der Waals surface area contributed by atoms with Crippen molar-refractivity contribution in [2.24, 2.45) is 7.05 Å². The van der Waals surface area contributed by atoms with Gasteiger partial charge in [0.15, 0.2) is 0 Å². The molecule has 1 aliphatic heterocycles. The average molecular weight is 363 g/mol. The number of aromatic nitrogens is 4. The van der Waals surface area contributed by atoms with Gasteiger partial charge in [-0.05, 0) is 51.1 Å². The van der Waals surface area contributed by atoms with E-state index in [1.807, 2.05) is 36.7 Å². The van der Waals surface area contributed by atoms with Crippen LogP contribution in [-0.2, 0) is 20.1 Å². The highest BCUT2D eigenvalue weighted by Gasteiger charge is 2.28. The number of rotatable bonds is 2. The molecule has 0 unspecified atom stereocenters. The number of benzene rings is 1. The van der Waals surface area contributed by atoms with Gasteiger partial charge >= 0.3 is 0 Å². The molecule has 0 radical (unpaired) electrons. The van der Waals surface area contributed by atoms with Gasteiger partial charge in [-0.1, -0.05) is 0 Å². The molecule has 0 atom stereocenters. The third kappa shape index (κ3) is 2.85. The first-order valence-corrected chi connectivity index (χ1v) is 8.83. The van der Waals surface area contributed by atoms with Gasteiger partial charge in [-0.3, -0.25) is 14.2 Å². The van der Waals surface area contributed by atoms with Crippen LogP contribution in [0.25, 0.3) is 5.69 Å². The van der Waals surface area contributed by atoms with Crippen molar-refractivity contribution in [3.8, 4) is 5.69 Å². The van der Waals surface area contributed by atoms with Crippen molar-refractivity contribution in [1.82, 2.24) is 24.2 Å². The number of carbonyl (C=O) groups is 1. The lowest BCUT2D eigenvalue weighted by atomic mass is 10.2. The Kier molecular flexibility index (Phi) is 3.95. The molecule has 3 aromatic rings. The molecule has 0 N–H and O–H groups in total. The van der Waals surface area contributed by atoms with Crippen LogP contribution in [-0.4, -0.2) is 30.1 Å². The number of carbonyl (C=O) groups excluding carboxylic acids is 1. The Balaban J connectivity index is 1.58. The Morgan fingerprint density at radius 3 is 2.41 bits per heavy atom. The molecule has 0 saturated heterocycles. The SMILES string of the molecule is Cc1cc(C)n(-c2ccc(C(=O)N3Cc4nc(C)n(C)c(=O)c4C3)cc2)n1. The minimum atomic E-state index is -0.104. The molecule has 138 valence electrons. The molecule has 3 heterocycles. The van der Waals surface area contributed by atoms with Crippen molar-refractivity contribution in [2.75, 3.05) is 0 Å². The van der Waals surface area contributed by atoms with Crippen molar-refractivity contribution >= 4 is 5.91 Å². The number of aryl methyl sites for hydroxylation is 3.